The number of hydrogen-bond donors (Lipinski definition) is 3. The van der Waals surface area contributed by atoms with Crippen LogP contribution in [0.1, 0.15) is 0 Å². The summed E-state index contributed by atoms with van der Waals surface area (Å²) in [6.45, 7) is 0. The minimum absolute atomic E-state index is 0. The Balaban J connectivity index is -0.0000000267. The molecular formula is H3GdLuO4PY. The fourth-order valence-electron chi connectivity index (χ4n) is 0. The molecule has 0 amide bonds. The van der Waals surface area contributed by atoms with E-state index in [1.54, 1.807) is 0 Å². The zero-order valence-electron chi connectivity index (χ0n) is 3.39. The van der Waals surface area contributed by atoms with Crippen LogP contribution in [0.4, 0.5) is 0 Å². The molecule has 0 aliphatic carbocycles. The van der Waals surface area contributed by atoms with Gasteiger partial charge in [-0.05, 0) is 0 Å². The first-order valence-electron chi connectivity index (χ1n) is 0.783. The summed E-state index contributed by atoms with van der Waals surface area (Å²) in [5.74, 6) is 0. The zero-order valence-corrected chi connectivity index (χ0v) is 11.0. The fraction of sp³-hybridized carbons (Fsp3) is 0. The first kappa shape index (κ1) is 22.6. The van der Waals surface area contributed by atoms with Crippen molar-refractivity contribution in [1.29, 1.82) is 0 Å². The van der Waals surface area contributed by atoms with E-state index in [0.717, 1.165) is 0 Å². The van der Waals surface area contributed by atoms with E-state index in [2.05, 4.69) is 0 Å². The van der Waals surface area contributed by atoms with Gasteiger partial charge in [-0.1, -0.05) is 0 Å². The van der Waals surface area contributed by atoms with Gasteiger partial charge in [0.15, 0.2) is 0 Å². The first-order chi connectivity index (χ1) is 2.00. The fourth-order valence-corrected chi connectivity index (χ4v) is 0. The van der Waals surface area contributed by atoms with Crippen molar-refractivity contribution in [2.24, 2.45) is 0 Å². The molecule has 8 heavy (non-hydrogen) atoms. The molecule has 0 aliphatic rings. The summed E-state index contributed by atoms with van der Waals surface area (Å²) < 4.78 is 8.88. The van der Waals surface area contributed by atoms with Crippen LogP contribution >= 0.6 is 7.82 Å². The molecule has 0 unspecified atom stereocenters. The van der Waals surface area contributed by atoms with E-state index in [-0.39, 0.29) is 110 Å². The van der Waals surface area contributed by atoms with Crippen LogP contribution in [0.15, 0.2) is 0 Å². The van der Waals surface area contributed by atoms with Crippen molar-refractivity contribution in [3.8, 4) is 0 Å². The van der Waals surface area contributed by atoms with Gasteiger partial charge in [0.05, 0.1) is 0 Å². The van der Waals surface area contributed by atoms with Crippen LogP contribution in [0.2, 0.25) is 0 Å². The molecule has 0 rings (SSSR count). The average Bonchev–Trinajstić information content (AvgIpc) is 0.722. The molecule has 0 heterocycles. The molecule has 0 saturated heterocycles. The molecule has 0 aliphatic heterocycles. The third kappa shape index (κ3) is 52.8. The summed E-state index contributed by atoms with van der Waals surface area (Å²) in [5.41, 5.74) is 0. The summed E-state index contributed by atoms with van der Waals surface area (Å²) in [6, 6.07) is 0. The van der Waals surface area contributed by atoms with Crippen molar-refractivity contribution in [1.82, 2.24) is 0 Å². The number of phosphoric acid groups is 1. The van der Waals surface area contributed by atoms with Gasteiger partial charge in [0.2, 0.25) is 0 Å². The molecule has 0 fully saturated rings. The van der Waals surface area contributed by atoms with Crippen LogP contribution < -0.4 is 0 Å². The Morgan fingerprint density at radius 2 is 1.12 bits per heavy atom. The second kappa shape index (κ2) is 10.8. The number of rotatable bonds is 0. The molecule has 4 nitrogen and oxygen atoms in total. The quantitative estimate of drug-likeness (QED) is 0.362. The standard InChI is InChI=1S/Gd.Lu.H3O4P.Y/c;;1-5(2,3)4;/h;;(H3,1,2,3,4);. The van der Waals surface area contributed by atoms with Gasteiger partial charge in [-0.2, -0.15) is 0 Å². The molecule has 0 aromatic rings. The summed E-state index contributed by atoms with van der Waals surface area (Å²) in [5, 5.41) is 0. The third-order valence-corrected chi connectivity index (χ3v) is 0. The van der Waals surface area contributed by atoms with Crippen LogP contribution in [-0.4, -0.2) is 14.7 Å². The van der Waals surface area contributed by atoms with Crippen LogP contribution in [0, 0.1) is 76.8 Å². The van der Waals surface area contributed by atoms with Crippen molar-refractivity contribution in [2.75, 3.05) is 0 Å². The second-order valence-corrected chi connectivity index (χ2v) is 1.54. The topological polar surface area (TPSA) is 77.8 Å². The molecule has 0 saturated carbocycles. The Labute approximate surface area is 133 Å². The predicted molar refractivity (Wildman–Crippen MR) is 14.3 cm³/mol. The maximum atomic E-state index is 8.88. The summed E-state index contributed by atoms with van der Waals surface area (Å²) in [4.78, 5) is 21.6. The molecule has 0 bridgehead atoms. The van der Waals surface area contributed by atoms with Crippen molar-refractivity contribution in [3.05, 3.63) is 0 Å². The molecule has 3 N–H and O–H groups in total. The smallest absolute Gasteiger partial charge is 0.303 e. The molecular weight excluding hydrogens is 516 g/mol. The minimum atomic E-state index is -4.64. The maximum Gasteiger partial charge on any atom is 0.466 e. The van der Waals surface area contributed by atoms with Gasteiger partial charge in [-0.25, -0.2) is 4.57 Å². The molecule has 58 valence electrons. The van der Waals surface area contributed by atoms with Crippen molar-refractivity contribution >= 4 is 7.82 Å². The van der Waals surface area contributed by atoms with Crippen LogP contribution in [-0.2, 0) is 37.3 Å². The van der Waals surface area contributed by atoms with Gasteiger partial charge in [-0.3, -0.25) is 0 Å². The molecule has 2 radical (unpaired) electrons. The monoisotopic (exact) mass is 520 g/mol. The number of hydrogen-bond acceptors (Lipinski definition) is 1. The van der Waals surface area contributed by atoms with Gasteiger partial charge in [0.25, 0.3) is 0 Å². The van der Waals surface area contributed by atoms with Gasteiger partial charge < -0.3 is 14.7 Å². The summed E-state index contributed by atoms with van der Waals surface area (Å²) in [7, 11) is -4.64. The van der Waals surface area contributed by atoms with Crippen molar-refractivity contribution in [2.45, 2.75) is 0 Å². The zero-order chi connectivity index (χ0) is 4.50. The molecule has 0 atom stereocenters. The minimum Gasteiger partial charge on any atom is -0.303 e. The van der Waals surface area contributed by atoms with Crippen LogP contribution in [0.5, 0.6) is 0 Å². The molecule has 0 spiro atoms. The summed E-state index contributed by atoms with van der Waals surface area (Å²) >= 11 is 0. The van der Waals surface area contributed by atoms with Gasteiger partial charge in [0, 0.05) is 110 Å². The largest absolute Gasteiger partial charge is 0.466 e. The van der Waals surface area contributed by atoms with Gasteiger partial charge in [0.1, 0.15) is 0 Å². The van der Waals surface area contributed by atoms with E-state index in [1.165, 1.54) is 0 Å². The summed E-state index contributed by atoms with van der Waals surface area (Å²) in [6.07, 6.45) is 0. The van der Waals surface area contributed by atoms with E-state index in [9.17, 15) is 0 Å². The Morgan fingerprint density at radius 3 is 1.12 bits per heavy atom. The normalized spacial score (nSPS) is 7.38. The van der Waals surface area contributed by atoms with E-state index in [4.69, 9.17) is 19.2 Å². The maximum absolute atomic E-state index is 8.88. The van der Waals surface area contributed by atoms with E-state index in [0.29, 0.717) is 0 Å². The Kier molecular flexibility index (Phi) is 30.5. The Morgan fingerprint density at radius 1 is 1.12 bits per heavy atom. The van der Waals surface area contributed by atoms with E-state index < -0.39 is 7.82 Å². The van der Waals surface area contributed by atoms with Gasteiger partial charge >= 0.3 is 7.82 Å². The SMILES string of the molecule is O=P(O)(O)O.[Gd].[Lu].[Y]. The second-order valence-electron chi connectivity index (χ2n) is 0.513. The van der Waals surface area contributed by atoms with Crippen LogP contribution in [0.25, 0.3) is 0 Å². The first-order valence-corrected chi connectivity index (χ1v) is 2.35. The van der Waals surface area contributed by atoms with E-state index in [1.807, 2.05) is 0 Å². The molecule has 0 aromatic carbocycles. The Bertz CT molecular complexity index is 62.2. The third-order valence-electron chi connectivity index (χ3n) is 0. The van der Waals surface area contributed by atoms with E-state index >= 15 is 0 Å². The van der Waals surface area contributed by atoms with Crippen molar-refractivity contribution in [3.63, 3.8) is 0 Å². The molecule has 8 heteroatoms. The van der Waals surface area contributed by atoms with Crippen molar-refractivity contribution < 1.29 is 129 Å². The van der Waals surface area contributed by atoms with Gasteiger partial charge in [-0.15, -0.1) is 0 Å². The van der Waals surface area contributed by atoms with Crippen LogP contribution in [0.3, 0.4) is 0 Å². The average molecular weight is 519 g/mol. The molecule has 0 aromatic heterocycles. The predicted octanol–water partition coefficient (Wildman–Crippen LogP) is -0.931. The Hall–Kier alpha value is 3.77.